The summed E-state index contributed by atoms with van der Waals surface area (Å²) in [5.41, 5.74) is 2.05. The van der Waals surface area contributed by atoms with E-state index in [1.165, 1.54) is 10.6 Å². The zero-order chi connectivity index (χ0) is 21.7. The summed E-state index contributed by atoms with van der Waals surface area (Å²) in [5, 5.41) is 18.0. The van der Waals surface area contributed by atoms with E-state index in [4.69, 9.17) is 6.57 Å². The normalized spacial score (nSPS) is 12.8. The number of azo groups is 1. The number of fused-ring (bicyclic) bond motifs is 1. The predicted molar refractivity (Wildman–Crippen MR) is 111 cm³/mol. The number of rotatable bonds is 2. The molecule has 0 aliphatic carbocycles. The number of hydrogen-bond acceptors (Lipinski definition) is 5. The maximum Gasteiger partial charge on any atom is 0.255 e. The minimum absolute atomic E-state index is 0.160. The van der Waals surface area contributed by atoms with Gasteiger partial charge in [-0.3, -0.25) is 14.0 Å². The van der Waals surface area contributed by atoms with E-state index in [0.29, 0.717) is 34.2 Å². The summed E-state index contributed by atoms with van der Waals surface area (Å²) in [6.07, 6.45) is 1.62. The van der Waals surface area contributed by atoms with Gasteiger partial charge < -0.3 is 0 Å². The van der Waals surface area contributed by atoms with E-state index in [9.17, 15) is 4.79 Å². The summed E-state index contributed by atoms with van der Waals surface area (Å²) in [5.74, 6) is 0.380. The van der Waals surface area contributed by atoms with Crippen molar-refractivity contribution in [1.82, 2.24) is 24.0 Å². The molecule has 0 radical (unpaired) electrons. The van der Waals surface area contributed by atoms with Gasteiger partial charge in [0.2, 0.25) is 0 Å². The maximum atomic E-state index is 12.2. The third-order valence-corrected chi connectivity index (χ3v) is 4.64. The van der Waals surface area contributed by atoms with Crippen molar-refractivity contribution in [3.8, 4) is 0 Å². The lowest BCUT2D eigenvalue weighted by molar-refractivity contribution is 0.555. The molecule has 0 spiro atoms. The van der Waals surface area contributed by atoms with E-state index in [-0.39, 0.29) is 16.4 Å². The molecule has 152 valence electrons. The molecule has 0 amide bonds. The summed E-state index contributed by atoms with van der Waals surface area (Å²) in [7, 11) is 3.42. The molecule has 3 heterocycles. The van der Waals surface area contributed by atoms with Crippen LogP contribution in [0.2, 0.25) is 0 Å². The highest BCUT2D eigenvalue weighted by Crippen LogP contribution is 2.40. The summed E-state index contributed by atoms with van der Waals surface area (Å²) in [6, 6.07) is 1.46. The first-order valence-corrected chi connectivity index (χ1v) is 9.31. The predicted octanol–water partition coefficient (Wildman–Crippen LogP) is 4.33. The first-order valence-electron chi connectivity index (χ1n) is 9.31. The molecule has 3 aromatic rings. The zero-order valence-electron chi connectivity index (χ0n) is 18.1. The van der Waals surface area contributed by atoms with Crippen molar-refractivity contribution in [2.75, 3.05) is 0 Å². The zero-order valence-corrected chi connectivity index (χ0v) is 18.1. The first-order chi connectivity index (χ1) is 13.4. The number of aryl methyl sites for hydroxylation is 2. The second-order valence-electron chi connectivity index (χ2n) is 9.13. The van der Waals surface area contributed by atoms with Crippen LogP contribution in [-0.2, 0) is 24.9 Å². The van der Waals surface area contributed by atoms with Crippen LogP contribution < -0.4 is 5.56 Å². The number of hydrogen-bond donors (Lipinski definition) is 0. The Morgan fingerprint density at radius 2 is 1.62 bits per heavy atom. The van der Waals surface area contributed by atoms with E-state index < -0.39 is 0 Å². The molecule has 0 aliphatic heterocycles. The molecule has 0 N–H and O–H groups in total. The van der Waals surface area contributed by atoms with Crippen molar-refractivity contribution < 1.29 is 0 Å². The van der Waals surface area contributed by atoms with Crippen molar-refractivity contribution in [3.63, 3.8) is 0 Å². The van der Waals surface area contributed by atoms with E-state index in [2.05, 4.69) is 25.3 Å². The monoisotopic (exact) mass is 394 g/mol. The van der Waals surface area contributed by atoms with E-state index in [0.717, 1.165) is 0 Å². The van der Waals surface area contributed by atoms with Gasteiger partial charge in [0.1, 0.15) is 0 Å². The van der Waals surface area contributed by atoms with Crippen molar-refractivity contribution in [1.29, 1.82) is 0 Å². The van der Waals surface area contributed by atoms with Crippen LogP contribution in [0, 0.1) is 6.57 Å². The van der Waals surface area contributed by atoms with Crippen LogP contribution in [-0.4, -0.2) is 24.0 Å². The summed E-state index contributed by atoms with van der Waals surface area (Å²) < 4.78 is 4.70. The van der Waals surface area contributed by atoms with Crippen LogP contribution in [0.1, 0.15) is 52.9 Å². The smallest absolute Gasteiger partial charge is 0.255 e. The van der Waals surface area contributed by atoms with Crippen LogP contribution in [0.5, 0.6) is 0 Å². The maximum absolute atomic E-state index is 12.2. The minimum Gasteiger partial charge on any atom is -0.294 e. The molecule has 0 unspecified atom stereocenters. The Hall–Kier alpha value is -3.28. The van der Waals surface area contributed by atoms with Gasteiger partial charge in [0.25, 0.3) is 11.2 Å². The van der Waals surface area contributed by atoms with Crippen molar-refractivity contribution in [2.24, 2.45) is 24.3 Å². The van der Waals surface area contributed by atoms with Crippen LogP contribution in [0.15, 0.2) is 27.3 Å². The van der Waals surface area contributed by atoms with Gasteiger partial charge in [-0.2, -0.15) is 10.2 Å². The van der Waals surface area contributed by atoms with Crippen LogP contribution in [0.3, 0.4) is 0 Å². The molecule has 3 aromatic heterocycles. The Balaban J connectivity index is 2.28. The second-order valence-corrected chi connectivity index (χ2v) is 9.13. The Labute approximate surface area is 169 Å². The van der Waals surface area contributed by atoms with Crippen molar-refractivity contribution in [3.05, 3.63) is 45.4 Å². The van der Waals surface area contributed by atoms with Crippen LogP contribution in [0.4, 0.5) is 17.2 Å². The highest BCUT2D eigenvalue weighted by atomic mass is 16.1. The molecule has 0 bridgehead atoms. The Morgan fingerprint density at radius 1 is 1.00 bits per heavy atom. The molecule has 0 aromatic carbocycles. The number of aromatic nitrogens is 5. The van der Waals surface area contributed by atoms with Gasteiger partial charge in [0.15, 0.2) is 17.2 Å². The average molecular weight is 394 g/mol. The molecular weight excluding hydrogens is 368 g/mol. The summed E-state index contributed by atoms with van der Waals surface area (Å²) >= 11 is 0. The van der Waals surface area contributed by atoms with Crippen LogP contribution in [0.25, 0.3) is 10.5 Å². The van der Waals surface area contributed by atoms with E-state index in [1.807, 2.05) is 41.5 Å². The fourth-order valence-electron chi connectivity index (χ4n) is 3.10. The third-order valence-electron chi connectivity index (χ3n) is 4.64. The molecule has 0 saturated heterocycles. The Bertz CT molecular complexity index is 1220. The Kier molecular flexibility index (Phi) is 4.69. The van der Waals surface area contributed by atoms with Crippen molar-refractivity contribution >= 4 is 22.8 Å². The van der Waals surface area contributed by atoms with Crippen LogP contribution >= 0.6 is 0 Å². The quantitative estimate of drug-likeness (QED) is 0.479. The molecule has 0 saturated carbocycles. The summed E-state index contributed by atoms with van der Waals surface area (Å²) in [4.78, 5) is 15.8. The molecule has 0 fully saturated rings. The SMILES string of the molecule is [C-]#[N+]c1c(C(C)(C)C)nn(C)c1/N=N/c1c(C(C)(C)C)nn2ccc(=O)n(C)c12. The van der Waals surface area contributed by atoms with Gasteiger partial charge in [-0.05, 0) is 5.41 Å². The molecule has 9 nitrogen and oxygen atoms in total. The average Bonchev–Trinajstić information content (AvgIpc) is 3.14. The Morgan fingerprint density at radius 3 is 2.17 bits per heavy atom. The minimum atomic E-state index is -0.317. The van der Waals surface area contributed by atoms with E-state index >= 15 is 0 Å². The highest BCUT2D eigenvalue weighted by molar-refractivity contribution is 5.70. The topological polar surface area (TPSA) is 86.2 Å². The lowest BCUT2D eigenvalue weighted by Gasteiger charge is -2.15. The lowest BCUT2D eigenvalue weighted by Crippen LogP contribution is -2.17. The van der Waals surface area contributed by atoms with Gasteiger partial charge in [-0.1, -0.05) is 41.5 Å². The third kappa shape index (κ3) is 3.46. The highest BCUT2D eigenvalue weighted by Gasteiger charge is 2.28. The van der Waals surface area contributed by atoms with Gasteiger partial charge in [0.05, 0.1) is 18.0 Å². The van der Waals surface area contributed by atoms with Gasteiger partial charge in [0, 0.05) is 31.8 Å². The van der Waals surface area contributed by atoms with Gasteiger partial charge in [-0.25, -0.2) is 9.36 Å². The lowest BCUT2D eigenvalue weighted by atomic mass is 9.91. The largest absolute Gasteiger partial charge is 0.294 e. The fourth-order valence-corrected chi connectivity index (χ4v) is 3.10. The van der Waals surface area contributed by atoms with Gasteiger partial charge in [-0.15, -0.1) is 10.2 Å². The fraction of sp³-hybridized carbons (Fsp3) is 0.500. The number of nitrogens with zero attached hydrogens (tertiary/aromatic N) is 8. The molecule has 0 atom stereocenters. The molecule has 29 heavy (non-hydrogen) atoms. The molecular formula is C20H26N8O. The first kappa shape index (κ1) is 20.5. The van der Waals surface area contributed by atoms with E-state index in [1.54, 1.807) is 29.5 Å². The summed E-state index contributed by atoms with van der Waals surface area (Å²) in [6.45, 7) is 19.7. The van der Waals surface area contributed by atoms with Gasteiger partial charge >= 0.3 is 0 Å². The standard InChI is InChI=1S/C20H26N8O/c1-19(2,3)15-13(21-7)17(27(9)24-15)23-22-14-16(20(4,5)6)25-28-11-10-12(29)26(8)18(14)28/h10-11H,1-6,8-9H3/b23-22+. The molecule has 0 aliphatic rings. The second kappa shape index (κ2) is 6.65. The van der Waals surface area contributed by atoms with Crippen molar-refractivity contribution in [2.45, 2.75) is 52.4 Å². The molecule has 9 heteroatoms. The molecule has 3 rings (SSSR count).